The van der Waals surface area contributed by atoms with Crippen molar-refractivity contribution in [1.82, 2.24) is 0 Å². The number of aliphatic hydroxyl groups excluding tert-OH is 4. The van der Waals surface area contributed by atoms with Crippen molar-refractivity contribution in [3.63, 3.8) is 0 Å². The highest BCUT2D eigenvalue weighted by molar-refractivity contribution is 7.80. The van der Waals surface area contributed by atoms with Gasteiger partial charge in [0.2, 0.25) is 0 Å². The molecule has 1 saturated heterocycles. The maximum Gasteiger partial charge on any atom is 0.397 e. The summed E-state index contributed by atoms with van der Waals surface area (Å²) in [6.07, 6.45) is -0.342. The molecule has 4 saturated carbocycles. The van der Waals surface area contributed by atoms with Gasteiger partial charge in [0.25, 0.3) is 0 Å². The van der Waals surface area contributed by atoms with Crippen LogP contribution in [0.3, 0.4) is 0 Å². The van der Waals surface area contributed by atoms with Gasteiger partial charge in [-0.25, -0.2) is 4.18 Å². The molecule has 0 amide bonds. The minimum absolute atomic E-state index is 0.0399. The summed E-state index contributed by atoms with van der Waals surface area (Å²) >= 11 is 0. The minimum Gasteiger partial charge on any atom is -0.393 e. The summed E-state index contributed by atoms with van der Waals surface area (Å²) < 4.78 is 53.0. The molecule has 1 aliphatic heterocycles. The van der Waals surface area contributed by atoms with Gasteiger partial charge in [0.05, 0.1) is 36.6 Å². The summed E-state index contributed by atoms with van der Waals surface area (Å²) in [5, 5.41) is 56.8. The molecule has 5 fully saturated rings. The van der Waals surface area contributed by atoms with Crippen molar-refractivity contribution in [2.24, 2.45) is 46.3 Å². The molecule has 13 heteroatoms. The van der Waals surface area contributed by atoms with Crippen molar-refractivity contribution in [3.8, 4) is 0 Å². The molecule has 0 unspecified atom stereocenters. The van der Waals surface area contributed by atoms with Crippen LogP contribution in [0.25, 0.3) is 0 Å². The number of fused-ring (bicyclic) bond motifs is 5. The second-order valence-corrected chi connectivity index (χ2v) is 17.3. The smallest absolute Gasteiger partial charge is 0.393 e. The van der Waals surface area contributed by atoms with Crippen LogP contribution in [0, 0.1) is 46.3 Å². The van der Waals surface area contributed by atoms with E-state index in [0.29, 0.717) is 25.7 Å². The van der Waals surface area contributed by atoms with E-state index in [2.05, 4.69) is 25.0 Å². The van der Waals surface area contributed by atoms with Gasteiger partial charge < -0.3 is 39.7 Å². The van der Waals surface area contributed by atoms with Crippen molar-refractivity contribution in [3.05, 3.63) is 0 Å². The van der Waals surface area contributed by atoms with E-state index in [1.165, 1.54) is 7.11 Å². The lowest BCUT2D eigenvalue weighted by atomic mass is 9.42. The second kappa shape index (κ2) is 13.4. The van der Waals surface area contributed by atoms with Crippen LogP contribution < -0.4 is 0 Å². The molecule has 16 atom stereocenters. The van der Waals surface area contributed by atoms with Crippen LogP contribution in [-0.2, 0) is 28.8 Å². The molecule has 12 nitrogen and oxygen atoms in total. The number of hydrogen-bond donors (Lipinski definition) is 6. The van der Waals surface area contributed by atoms with Crippen LogP contribution in [0.1, 0.15) is 92.4 Å². The number of ether oxygens (including phenoxy) is 3. The summed E-state index contributed by atoms with van der Waals surface area (Å²) in [7, 11) is -3.33. The van der Waals surface area contributed by atoms with E-state index in [4.69, 9.17) is 18.8 Å². The Balaban J connectivity index is 1.26. The Bertz CT molecular complexity index is 1170. The summed E-state index contributed by atoms with van der Waals surface area (Å²) in [6.45, 7) is 10.1. The van der Waals surface area contributed by atoms with E-state index in [0.717, 1.165) is 25.7 Å². The molecular weight excluding hydrogens is 620 g/mol. The van der Waals surface area contributed by atoms with E-state index >= 15 is 0 Å². The Kier molecular flexibility index (Phi) is 10.7. The van der Waals surface area contributed by atoms with Crippen LogP contribution in [0.5, 0.6) is 0 Å². The fraction of sp³-hybridized carbons (Fsp3) is 1.00. The molecule has 4 aliphatic carbocycles. The van der Waals surface area contributed by atoms with Gasteiger partial charge in [-0.2, -0.15) is 8.42 Å². The molecule has 5 aliphatic rings. The average Bonchev–Trinajstić information content (AvgIpc) is 3.41. The summed E-state index contributed by atoms with van der Waals surface area (Å²) in [6, 6.07) is 0. The first-order chi connectivity index (χ1) is 21.4. The number of hydrogen-bond acceptors (Lipinski definition) is 11. The van der Waals surface area contributed by atoms with Gasteiger partial charge in [-0.3, -0.25) is 4.55 Å². The molecular formula is C33H58O12S. The highest BCUT2D eigenvalue weighted by Gasteiger charge is 2.70. The predicted octanol–water partition coefficient (Wildman–Crippen LogP) is 2.44. The van der Waals surface area contributed by atoms with E-state index in [9.17, 15) is 34.0 Å². The number of aliphatic hydroxyl groups is 5. The van der Waals surface area contributed by atoms with Crippen molar-refractivity contribution in [2.45, 2.75) is 147 Å². The fourth-order valence-corrected chi connectivity index (χ4v) is 11.5. The predicted molar refractivity (Wildman–Crippen MR) is 167 cm³/mol. The lowest BCUT2D eigenvalue weighted by Crippen LogP contribution is -2.68. The van der Waals surface area contributed by atoms with Gasteiger partial charge in [-0.1, -0.05) is 34.6 Å². The maximum absolute atomic E-state index is 12.6. The Morgan fingerprint density at radius 2 is 1.63 bits per heavy atom. The summed E-state index contributed by atoms with van der Waals surface area (Å²) in [5.41, 5.74) is -1.78. The first-order valence-corrected chi connectivity index (χ1v) is 18.6. The first kappa shape index (κ1) is 36.8. The largest absolute Gasteiger partial charge is 0.397 e. The fourth-order valence-electron chi connectivity index (χ4n) is 11.2. The Morgan fingerprint density at radius 1 is 0.957 bits per heavy atom. The van der Waals surface area contributed by atoms with Crippen LogP contribution in [0.15, 0.2) is 0 Å². The molecule has 0 spiro atoms. The molecule has 0 radical (unpaired) electrons. The topological polar surface area (TPSA) is 192 Å². The quantitative estimate of drug-likeness (QED) is 0.175. The summed E-state index contributed by atoms with van der Waals surface area (Å²) in [4.78, 5) is 0. The minimum atomic E-state index is -4.70. The molecule has 6 N–H and O–H groups in total. The normalized spacial score (nSPS) is 48.9. The lowest BCUT2D eigenvalue weighted by molar-refractivity contribution is -0.263. The van der Waals surface area contributed by atoms with Crippen molar-refractivity contribution >= 4 is 10.4 Å². The van der Waals surface area contributed by atoms with E-state index < -0.39 is 65.5 Å². The standard InChI is InChI=1S/C33H58O12S/c1-17(2)24(44-30-27(37)28(42-6)25(45-30)16-43-46(39,40)41)8-7-18(3)20-14-22(35)29-32(20,5)12-10-26-31(4)11-9-19(34)13-21(31)23(36)15-33(26,29)38/h17-30,34-38H,7-16H2,1-6H3,(H,39,40,41)/t18-,19+,20-,21-,22-,23+,24+,25-,26-,27-,28+,29-,30-,31+,32-,33+/m1/s1. The van der Waals surface area contributed by atoms with Crippen molar-refractivity contribution < 1.29 is 56.9 Å². The SMILES string of the molecule is CO[C@@H]1[C@@H](O)[C@H](O[C@@H](CC[C@@H](C)[C@H]2C[C@@H](O)[C@@H]3[C@]2(C)CC[C@@H]2[C@@]4(C)CC[C@H](O)C[C@@H]4[C@@H](O)C[C@]23O)C(C)C)O[C@@H]1COS(=O)(=O)O. The molecule has 0 aromatic heterocycles. The average molecular weight is 679 g/mol. The Hall–Kier alpha value is -0.450. The lowest BCUT2D eigenvalue weighted by Gasteiger charge is -2.66. The van der Waals surface area contributed by atoms with Crippen molar-refractivity contribution in [2.75, 3.05) is 13.7 Å². The third-order valence-corrected chi connectivity index (χ3v) is 13.8. The number of methoxy groups -OCH3 is 1. The molecule has 0 bridgehead atoms. The van der Waals surface area contributed by atoms with Gasteiger partial charge in [0, 0.05) is 19.4 Å². The van der Waals surface area contributed by atoms with Gasteiger partial charge in [-0.05, 0) is 91.8 Å². The van der Waals surface area contributed by atoms with Gasteiger partial charge in [0.15, 0.2) is 6.29 Å². The zero-order valence-electron chi connectivity index (χ0n) is 28.2. The highest BCUT2D eigenvalue weighted by atomic mass is 32.3. The molecule has 0 aromatic rings. The van der Waals surface area contributed by atoms with Gasteiger partial charge >= 0.3 is 10.4 Å². The Labute approximate surface area is 274 Å². The van der Waals surface area contributed by atoms with Gasteiger partial charge in [0.1, 0.15) is 18.3 Å². The third-order valence-electron chi connectivity index (χ3n) is 13.3. The van der Waals surface area contributed by atoms with Crippen LogP contribution in [0.2, 0.25) is 0 Å². The monoisotopic (exact) mass is 678 g/mol. The van der Waals surface area contributed by atoms with E-state index in [-0.39, 0.29) is 58.9 Å². The molecule has 268 valence electrons. The second-order valence-electron chi connectivity index (χ2n) is 16.2. The highest BCUT2D eigenvalue weighted by Crippen LogP contribution is 2.69. The van der Waals surface area contributed by atoms with Gasteiger partial charge in [-0.15, -0.1) is 0 Å². The Morgan fingerprint density at radius 3 is 2.26 bits per heavy atom. The van der Waals surface area contributed by atoms with E-state index in [1.54, 1.807) is 0 Å². The maximum atomic E-state index is 12.6. The van der Waals surface area contributed by atoms with E-state index in [1.807, 2.05) is 13.8 Å². The third kappa shape index (κ3) is 6.57. The zero-order chi connectivity index (χ0) is 34.0. The van der Waals surface area contributed by atoms with Crippen LogP contribution >= 0.6 is 0 Å². The van der Waals surface area contributed by atoms with Crippen LogP contribution in [0.4, 0.5) is 0 Å². The zero-order valence-corrected chi connectivity index (χ0v) is 29.0. The van der Waals surface area contributed by atoms with Crippen LogP contribution in [-0.4, -0.2) is 107 Å². The van der Waals surface area contributed by atoms with Crippen molar-refractivity contribution in [1.29, 1.82) is 0 Å². The molecule has 46 heavy (non-hydrogen) atoms. The molecule has 0 aromatic carbocycles. The first-order valence-electron chi connectivity index (χ1n) is 17.3. The summed E-state index contributed by atoms with van der Waals surface area (Å²) in [5.74, 6) is -0.0431. The molecule has 1 heterocycles. The number of rotatable bonds is 11. The molecule has 5 rings (SSSR count).